The third-order valence-corrected chi connectivity index (χ3v) is 5.13. The van der Waals surface area contributed by atoms with Gasteiger partial charge >= 0.3 is 5.97 Å². The summed E-state index contributed by atoms with van der Waals surface area (Å²) in [6, 6.07) is 7.75. The van der Waals surface area contributed by atoms with Crippen LogP contribution in [0.15, 0.2) is 29.4 Å². The van der Waals surface area contributed by atoms with Crippen molar-refractivity contribution in [2.24, 2.45) is 0 Å². The first kappa shape index (κ1) is 22.9. The maximum Gasteiger partial charge on any atom is 0.306 e. The number of carbonyl (C=O) groups is 2. The van der Waals surface area contributed by atoms with Gasteiger partial charge in [-0.1, -0.05) is 37.2 Å². The molecule has 1 aromatic carbocycles. The van der Waals surface area contributed by atoms with Gasteiger partial charge in [0.1, 0.15) is 0 Å². The zero-order valence-corrected chi connectivity index (χ0v) is 18.4. The Hall–Kier alpha value is -2.41. The number of thioether (sulfide) groups is 1. The zero-order valence-electron chi connectivity index (χ0n) is 17.6. The van der Waals surface area contributed by atoms with Crippen molar-refractivity contribution in [1.82, 2.24) is 9.97 Å². The van der Waals surface area contributed by atoms with Crippen LogP contribution in [0.2, 0.25) is 0 Å². The summed E-state index contributed by atoms with van der Waals surface area (Å²) in [6.07, 6.45) is 5.94. The fraction of sp³-hybridized carbons (Fsp3) is 0.455. The molecule has 0 saturated heterocycles. The number of hydrogen-bond acceptors (Lipinski definition) is 6. The molecule has 0 radical (unpaired) electrons. The lowest BCUT2D eigenvalue weighted by molar-refractivity contribution is -0.147. The van der Waals surface area contributed by atoms with E-state index in [1.807, 2.05) is 44.4 Å². The number of unbranched alkanes of at least 4 members (excludes halogenated alkanes) is 1. The number of benzene rings is 1. The van der Waals surface area contributed by atoms with Gasteiger partial charge in [-0.2, -0.15) is 0 Å². The van der Waals surface area contributed by atoms with Crippen molar-refractivity contribution >= 4 is 29.3 Å². The number of esters is 1. The van der Waals surface area contributed by atoms with Crippen LogP contribution in [-0.4, -0.2) is 34.7 Å². The topological polar surface area (TPSA) is 81.2 Å². The van der Waals surface area contributed by atoms with Crippen LogP contribution >= 0.6 is 11.8 Å². The molecule has 0 atom stereocenters. The summed E-state index contributed by atoms with van der Waals surface area (Å²) >= 11 is 1.49. The van der Waals surface area contributed by atoms with E-state index < -0.39 is 5.97 Å². The van der Waals surface area contributed by atoms with Crippen molar-refractivity contribution in [2.75, 3.05) is 18.2 Å². The lowest BCUT2D eigenvalue weighted by atomic mass is 10.1. The lowest BCUT2D eigenvalue weighted by Gasteiger charge is -2.10. The number of nitrogens with zero attached hydrogens (tertiary/aromatic N) is 2. The fourth-order valence-electron chi connectivity index (χ4n) is 2.94. The Bertz CT molecular complexity index is 815. The molecule has 0 saturated carbocycles. The SMILES string of the molecule is CCCCc1ccc(NC(=O)COC(=O)CCc2c(C)nc(SC)nc2C)cc1. The van der Waals surface area contributed by atoms with E-state index >= 15 is 0 Å². The Morgan fingerprint density at radius 1 is 1.07 bits per heavy atom. The second kappa shape index (κ2) is 11.6. The maximum atomic E-state index is 12.0. The molecule has 29 heavy (non-hydrogen) atoms. The van der Waals surface area contributed by atoms with Gasteiger partial charge < -0.3 is 10.1 Å². The normalized spacial score (nSPS) is 10.6. The van der Waals surface area contributed by atoms with E-state index in [0.29, 0.717) is 12.1 Å². The average Bonchev–Trinajstić information content (AvgIpc) is 2.71. The minimum Gasteiger partial charge on any atom is -0.456 e. The molecule has 0 aliphatic carbocycles. The largest absolute Gasteiger partial charge is 0.456 e. The summed E-state index contributed by atoms with van der Waals surface area (Å²) in [5.74, 6) is -0.762. The number of ether oxygens (including phenoxy) is 1. The molecule has 2 rings (SSSR count). The van der Waals surface area contributed by atoms with Crippen molar-refractivity contribution < 1.29 is 14.3 Å². The molecule has 0 fully saturated rings. The molecule has 0 bridgehead atoms. The van der Waals surface area contributed by atoms with Crippen LogP contribution in [0.4, 0.5) is 5.69 Å². The number of rotatable bonds is 10. The van der Waals surface area contributed by atoms with Crippen LogP contribution in [0.3, 0.4) is 0 Å². The number of hydrogen-bond donors (Lipinski definition) is 1. The molecule has 0 aliphatic rings. The van der Waals surface area contributed by atoms with Crippen LogP contribution in [0.25, 0.3) is 0 Å². The first-order valence-corrected chi connectivity index (χ1v) is 11.1. The Morgan fingerprint density at radius 3 is 2.31 bits per heavy atom. The van der Waals surface area contributed by atoms with E-state index in [-0.39, 0.29) is 18.9 Å². The third kappa shape index (κ3) is 7.49. The highest BCUT2D eigenvalue weighted by atomic mass is 32.2. The molecule has 1 amide bonds. The van der Waals surface area contributed by atoms with E-state index in [1.54, 1.807) is 0 Å². The Morgan fingerprint density at radius 2 is 1.72 bits per heavy atom. The molecule has 0 unspecified atom stereocenters. The van der Waals surface area contributed by atoms with Crippen LogP contribution in [0.5, 0.6) is 0 Å². The van der Waals surface area contributed by atoms with Crippen LogP contribution < -0.4 is 5.32 Å². The summed E-state index contributed by atoms with van der Waals surface area (Å²) in [6.45, 7) is 5.69. The summed E-state index contributed by atoms with van der Waals surface area (Å²) < 4.78 is 5.10. The average molecular weight is 416 g/mol. The summed E-state index contributed by atoms with van der Waals surface area (Å²) in [5.41, 5.74) is 4.64. The monoisotopic (exact) mass is 415 g/mol. The summed E-state index contributed by atoms with van der Waals surface area (Å²) in [7, 11) is 0. The predicted octanol–water partition coefficient (Wildman–Crippen LogP) is 4.27. The van der Waals surface area contributed by atoms with E-state index in [2.05, 4.69) is 22.2 Å². The van der Waals surface area contributed by atoms with Crippen molar-refractivity contribution in [1.29, 1.82) is 0 Å². The van der Waals surface area contributed by atoms with Gasteiger partial charge in [-0.25, -0.2) is 9.97 Å². The fourth-order valence-corrected chi connectivity index (χ4v) is 3.40. The Kier molecular flexibility index (Phi) is 9.12. The zero-order chi connectivity index (χ0) is 21.2. The van der Waals surface area contributed by atoms with Gasteiger partial charge in [0.2, 0.25) is 0 Å². The minimum absolute atomic E-state index is 0.184. The summed E-state index contributed by atoms with van der Waals surface area (Å²) in [5, 5.41) is 3.47. The molecule has 6 nitrogen and oxygen atoms in total. The second-order valence-electron chi connectivity index (χ2n) is 6.87. The van der Waals surface area contributed by atoms with Gasteiger partial charge in [0.25, 0.3) is 5.91 Å². The molecular weight excluding hydrogens is 386 g/mol. The molecule has 156 valence electrons. The number of amides is 1. The van der Waals surface area contributed by atoms with Gasteiger partial charge in [-0.3, -0.25) is 9.59 Å². The number of aryl methyl sites for hydroxylation is 3. The van der Waals surface area contributed by atoms with Gasteiger partial charge in [0, 0.05) is 23.5 Å². The number of aromatic nitrogens is 2. The molecule has 7 heteroatoms. The molecule has 2 aromatic rings. The highest BCUT2D eigenvalue weighted by molar-refractivity contribution is 7.98. The smallest absolute Gasteiger partial charge is 0.306 e. The van der Waals surface area contributed by atoms with Crippen LogP contribution in [0.1, 0.15) is 48.7 Å². The minimum atomic E-state index is -0.414. The Labute approximate surface area is 176 Å². The standard InChI is InChI=1S/C22H29N3O3S/c1-5-6-7-17-8-10-18(11-9-17)25-20(26)14-28-21(27)13-12-19-15(2)23-22(29-4)24-16(19)3/h8-11H,5-7,12-14H2,1-4H3,(H,25,26). The molecule has 1 aromatic heterocycles. The molecule has 0 spiro atoms. The summed E-state index contributed by atoms with van der Waals surface area (Å²) in [4.78, 5) is 32.9. The Balaban J connectivity index is 1.77. The van der Waals surface area contributed by atoms with Crippen LogP contribution in [-0.2, 0) is 27.2 Å². The van der Waals surface area contributed by atoms with Crippen molar-refractivity contribution in [2.45, 2.75) is 58.0 Å². The quantitative estimate of drug-likeness (QED) is 0.354. The molecule has 0 aliphatic heterocycles. The van der Waals surface area contributed by atoms with Gasteiger partial charge in [-0.15, -0.1) is 0 Å². The highest BCUT2D eigenvalue weighted by Crippen LogP contribution is 2.17. The van der Waals surface area contributed by atoms with E-state index in [4.69, 9.17) is 4.74 Å². The van der Waals surface area contributed by atoms with Gasteiger partial charge in [0.05, 0.1) is 0 Å². The van der Waals surface area contributed by atoms with E-state index in [9.17, 15) is 9.59 Å². The number of nitrogens with one attached hydrogen (secondary N) is 1. The maximum absolute atomic E-state index is 12.0. The van der Waals surface area contributed by atoms with Crippen LogP contribution in [0, 0.1) is 13.8 Å². The van der Waals surface area contributed by atoms with Gasteiger partial charge in [-0.05, 0) is 62.6 Å². The number of carbonyl (C=O) groups excluding carboxylic acids is 2. The highest BCUT2D eigenvalue weighted by Gasteiger charge is 2.12. The van der Waals surface area contributed by atoms with Gasteiger partial charge in [0.15, 0.2) is 11.8 Å². The van der Waals surface area contributed by atoms with E-state index in [0.717, 1.165) is 41.4 Å². The van der Waals surface area contributed by atoms with Crippen molar-refractivity contribution in [3.63, 3.8) is 0 Å². The molecule has 1 heterocycles. The van der Waals surface area contributed by atoms with E-state index in [1.165, 1.54) is 17.3 Å². The molecule has 1 N–H and O–H groups in total. The lowest BCUT2D eigenvalue weighted by Crippen LogP contribution is -2.21. The second-order valence-corrected chi connectivity index (χ2v) is 7.64. The first-order valence-electron chi connectivity index (χ1n) is 9.85. The predicted molar refractivity (Wildman–Crippen MR) is 116 cm³/mol. The first-order chi connectivity index (χ1) is 13.9. The van der Waals surface area contributed by atoms with Crippen molar-refractivity contribution in [3.05, 3.63) is 46.8 Å². The third-order valence-electron chi connectivity index (χ3n) is 4.58. The van der Waals surface area contributed by atoms with Crippen molar-refractivity contribution in [3.8, 4) is 0 Å². The number of anilines is 1. The molecular formula is C22H29N3O3S.